The van der Waals surface area contributed by atoms with Gasteiger partial charge in [0.05, 0.1) is 25.4 Å². The quantitative estimate of drug-likeness (QED) is 0.431. The van der Waals surface area contributed by atoms with Gasteiger partial charge in [-0.15, -0.1) is 16.4 Å². The van der Waals surface area contributed by atoms with E-state index in [1.807, 2.05) is 16.8 Å². The molecule has 2 aromatic heterocycles. The van der Waals surface area contributed by atoms with Crippen LogP contribution in [-0.2, 0) is 6.54 Å². The van der Waals surface area contributed by atoms with E-state index in [0.29, 0.717) is 6.54 Å². The number of tetrazole rings is 1. The van der Waals surface area contributed by atoms with Crippen LogP contribution in [0.15, 0.2) is 72.1 Å². The van der Waals surface area contributed by atoms with Gasteiger partial charge in [-0.25, -0.2) is 4.68 Å². The first-order valence-corrected chi connectivity index (χ1v) is 11.7. The van der Waals surface area contributed by atoms with Crippen molar-refractivity contribution < 1.29 is 4.74 Å². The van der Waals surface area contributed by atoms with E-state index in [1.165, 1.54) is 10.4 Å². The normalized spacial score (nSPS) is 15.6. The summed E-state index contributed by atoms with van der Waals surface area (Å²) in [7, 11) is 1.73. The first-order chi connectivity index (χ1) is 15.8. The smallest absolute Gasteiger partial charge is 0.173 e. The minimum atomic E-state index is 0.00554. The number of piperazine rings is 1. The molecule has 0 bridgehead atoms. The number of benzene rings is 2. The van der Waals surface area contributed by atoms with Crippen LogP contribution in [0.4, 0.5) is 5.69 Å². The lowest BCUT2D eigenvalue weighted by molar-refractivity contribution is 0.201. The van der Waals surface area contributed by atoms with E-state index in [2.05, 4.69) is 85.3 Å². The molecule has 3 heterocycles. The minimum absolute atomic E-state index is 0.00554. The molecular weight excluding hydrogens is 420 g/mol. The van der Waals surface area contributed by atoms with Crippen molar-refractivity contribution in [1.29, 1.82) is 0 Å². The standard InChI is InChI=1S/C24H26N6OS/c1-31-22-12-6-5-11-21(22)28-13-15-29(16-14-28)23(19-8-3-2-4-9-19)24-25-26-27-30(24)18-20-10-7-17-32-20/h2-12,17,23H,13-16,18H2,1H3/t23-/m1/s1. The molecule has 0 radical (unpaired) electrons. The van der Waals surface area contributed by atoms with Crippen molar-refractivity contribution in [2.24, 2.45) is 0 Å². The van der Waals surface area contributed by atoms with Crippen molar-refractivity contribution in [3.63, 3.8) is 0 Å². The lowest BCUT2D eigenvalue weighted by Crippen LogP contribution is -2.48. The van der Waals surface area contributed by atoms with Crippen LogP contribution in [0.1, 0.15) is 22.3 Å². The Morgan fingerprint density at radius 3 is 2.47 bits per heavy atom. The van der Waals surface area contributed by atoms with Gasteiger partial charge in [-0.3, -0.25) is 4.90 Å². The van der Waals surface area contributed by atoms with Crippen LogP contribution >= 0.6 is 11.3 Å². The molecule has 32 heavy (non-hydrogen) atoms. The zero-order valence-corrected chi connectivity index (χ0v) is 18.9. The van der Waals surface area contributed by atoms with Gasteiger partial charge >= 0.3 is 0 Å². The van der Waals surface area contributed by atoms with Crippen LogP contribution in [0, 0.1) is 0 Å². The summed E-state index contributed by atoms with van der Waals surface area (Å²) in [6, 6.07) is 23.0. The molecule has 1 aliphatic rings. The first-order valence-electron chi connectivity index (χ1n) is 10.8. The molecule has 0 spiro atoms. The van der Waals surface area contributed by atoms with E-state index in [4.69, 9.17) is 4.74 Å². The van der Waals surface area contributed by atoms with Gasteiger partial charge < -0.3 is 9.64 Å². The molecule has 4 aromatic rings. The summed E-state index contributed by atoms with van der Waals surface area (Å²) in [5.74, 6) is 1.80. The van der Waals surface area contributed by atoms with E-state index >= 15 is 0 Å². The number of methoxy groups -OCH3 is 1. The summed E-state index contributed by atoms with van der Waals surface area (Å²) >= 11 is 1.73. The van der Waals surface area contributed by atoms with Crippen molar-refractivity contribution in [2.75, 3.05) is 38.2 Å². The molecule has 164 valence electrons. The van der Waals surface area contributed by atoms with E-state index < -0.39 is 0 Å². The van der Waals surface area contributed by atoms with E-state index in [9.17, 15) is 0 Å². The first kappa shape index (κ1) is 20.7. The molecule has 1 aliphatic heterocycles. The summed E-state index contributed by atoms with van der Waals surface area (Å²) in [4.78, 5) is 6.12. The molecule has 8 heteroatoms. The molecule has 7 nitrogen and oxygen atoms in total. The Kier molecular flexibility index (Phi) is 6.13. The summed E-state index contributed by atoms with van der Waals surface area (Å²) in [5, 5.41) is 14.9. The molecule has 2 aromatic carbocycles. The average Bonchev–Trinajstić information content (AvgIpc) is 3.53. The fraction of sp³-hybridized carbons (Fsp3) is 0.292. The summed E-state index contributed by atoms with van der Waals surface area (Å²) < 4.78 is 7.52. The molecule has 0 aliphatic carbocycles. The van der Waals surface area contributed by atoms with Gasteiger partial charge in [0.15, 0.2) is 5.82 Å². The van der Waals surface area contributed by atoms with E-state index in [-0.39, 0.29) is 6.04 Å². The lowest BCUT2D eigenvalue weighted by atomic mass is 10.0. The maximum absolute atomic E-state index is 5.58. The Morgan fingerprint density at radius 1 is 0.938 bits per heavy atom. The number of thiophene rings is 1. The highest BCUT2D eigenvalue weighted by Crippen LogP contribution is 2.32. The van der Waals surface area contributed by atoms with E-state index in [0.717, 1.165) is 43.4 Å². The molecular formula is C24H26N6OS. The third kappa shape index (κ3) is 4.24. The maximum atomic E-state index is 5.58. The molecule has 1 atom stereocenters. The van der Waals surface area contributed by atoms with Gasteiger partial charge in [-0.1, -0.05) is 48.5 Å². The third-order valence-electron chi connectivity index (χ3n) is 5.91. The highest BCUT2D eigenvalue weighted by Gasteiger charge is 2.31. The molecule has 0 N–H and O–H groups in total. The molecule has 5 rings (SSSR count). The second-order valence-electron chi connectivity index (χ2n) is 7.78. The van der Waals surface area contributed by atoms with Gasteiger partial charge in [0.1, 0.15) is 5.75 Å². The second-order valence-corrected chi connectivity index (χ2v) is 8.81. The Morgan fingerprint density at radius 2 is 1.72 bits per heavy atom. The van der Waals surface area contributed by atoms with Crippen molar-refractivity contribution in [3.8, 4) is 5.75 Å². The number of hydrogen-bond acceptors (Lipinski definition) is 7. The van der Waals surface area contributed by atoms with Crippen LogP contribution in [0.3, 0.4) is 0 Å². The van der Waals surface area contributed by atoms with E-state index in [1.54, 1.807) is 18.4 Å². The largest absolute Gasteiger partial charge is 0.495 e. The summed E-state index contributed by atoms with van der Waals surface area (Å²) in [6.07, 6.45) is 0. The zero-order valence-electron chi connectivity index (χ0n) is 18.0. The predicted molar refractivity (Wildman–Crippen MR) is 126 cm³/mol. The Bertz CT molecular complexity index is 1120. The Balaban J connectivity index is 1.41. The Hall–Kier alpha value is -3.23. The van der Waals surface area contributed by atoms with Crippen LogP contribution in [0.2, 0.25) is 0 Å². The number of rotatable bonds is 7. The van der Waals surface area contributed by atoms with Gasteiger partial charge in [-0.2, -0.15) is 0 Å². The van der Waals surface area contributed by atoms with Gasteiger partial charge in [-0.05, 0) is 39.6 Å². The SMILES string of the molecule is COc1ccccc1N1CCN([C@H](c2ccccc2)c2nnnn2Cc2cccs2)CC1. The topological polar surface area (TPSA) is 59.3 Å². The summed E-state index contributed by atoms with van der Waals surface area (Å²) in [6.45, 7) is 4.32. The van der Waals surface area contributed by atoms with Gasteiger partial charge in [0.25, 0.3) is 0 Å². The van der Waals surface area contributed by atoms with Crippen LogP contribution in [0.25, 0.3) is 0 Å². The van der Waals surface area contributed by atoms with Crippen LogP contribution in [-0.4, -0.2) is 58.4 Å². The second kappa shape index (κ2) is 9.50. The minimum Gasteiger partial charge on any atom is -0.495 e. The Labute approximate surface area is 191 Å². The average molecular weight is 447 g/mol. The van der Waals surface area contributed by atoms with Crippen molar-refractivity contribution in [2.45, 2.75) is 12.6 Å². The maximum Gasteiger partial charge on any atom is 0.173 e. The van der Waals surface area contributed by atoms with Crippen molar-refractivity contribution in [3.05, 3.63) is 88.4 Å². The molecule has 0 amide bonds. The monoisotopic (exact) mass is 446 g/mol. The number of anilines is 1. The molecule has 0 saturated carbocycles. The van der Waals surface area contributed by atoms with Crippen molar-refractivity contribution >= 4 is 17.0 Å². The zero-order chi connectivity index (χ0) is 21.8. The number of aromatic nitrogens is 4. The lowest BCUT2D eigenvalue weighted by Gasteiger charge is -2.40. The van der Waals surface area contributed by atoms with Crippen LogP contribution in [0.5, 0.6) is 5.75 Å². The van der Waals surface area contributed by atoms with Crippen LogP contribution < -0.4 is 9.64 Å². The fourth-order valence-corrected chi connectivity index (χ4v) is 5.03. The highest BCUT2D eigenvalue weighted by molar-refractivity contribution is 7.09. The highest BCUT2D eigenvalue weighted by atomic mass is 32.1. The van der Waals surface area contributed by atoms with Gasteiger partial charge in [0, 0.05) is 31.1 Å². The van der Waals surface area contributed by atoms with Crippen molar-refractivity contribution in [1.82, 2.24) is 25.1 Å². The number of hydrogen-bond donors (Lipinski definition) is 0. The predicted octanol–water partition coefficient (Wildman–Crippen LogP) is 3.70. The number of nitrogens with zero attached hydrogens (tertiary/aromatic N) is 6. The summed E-state index contributed by atoms with van der Waals surface area (Å²) in [5.41, 5.74) is 2.36. The molecule has 1 fully saturated rings. The molecule has 0 unspecified atom stereocenters. The fourth-order valence-electron chi connectivity index (χ4n) is 4.34. The van der Waals surface area contributed by atoms with Gasteiger partial charge in [0.2, 0.25) is 0 Å². The molecule has 1 saturated heterocycles. The number of ether oxygens (including phenoxy) is 1. The third-order valence-corrected chi connectivity index (χ3v) is 6.77. The number of para-hydroxylation sites is 2.